The first-order valence-corrected chi connectivity index (χ1v) is 12.4. The summed E-state index contributed by atoms with van der Waals surface area (Å²) in [6.07, 6.45) is 2.03. The Bertz CT molecular complexity index is 1450. The van der Waals surface area contributed by atoms with Crippen molar-refractivity contribution in [1.82, 2.24) is 15.6 Å². The van der Waals surface area contributed by atoms with Crippen molar-refractivity contribution in [2.24, 2.45) is 5.73 Å². The van der Waals surface area contributed by atoms with Crippen molar-refractivity contribution in [2.75, 3.05) is 0 Å². The van der Waals surface area contributed by atoms with E-state index in [1.807, 2.05) is 24.3 Å². The van der Waals surface area contributed by atoms with Gasteiger partial charge in [0.05, 0.1) is 6.04 Å². The first-order chi connectivity index (χ1) is 18.7. The molecule has 39 heavy (non-hydrogen) atoms. The first-order valence-electron chi connectivity index (χ1n) is 12.4. The van der Waals surface area contributed by atoms with Crippen LogP contribution in [-0.4, -0.2) is 56.2 Å². The van der Waals surface area contributed by atoms with Crippen LogP contribution in [0.5, 0.6) is 11.5 Å². The van der Waals surface area contributed by atoms with Crippen molar-refractivity contribution in [2.45, 2.75) is 37.4 Å². The number of phenols is 2. The van der Waals surface area contributed by atoms with Crippen LogP contribution in [0.4, 0.5) is 0 Å². The highest BCUT2D eigenvalue weighted by atomic mass is 16.4. The van der Waals surface area contributed by atoms with Gasteiger partial charge in [0.25, 0.3) is 0 Å². The summed E-state index contributed by atoms with van der Waals surface area (Å²) < 4.78 is 0. The zero-order valence-electron chi connectivity index (χ0n) is 21.0. The monoisotopic (exact) mass is 530 g/mol. The highest BCUT2D eigenvalue weighted by Crippen LogP contribution is 2.19. The Kier molecular flexibility index (Phi) is 8.47. The normalized spacial score (nSPS) is 13.4. The molecule has 1 heterocycles. The number of nitrogens with one attached hydrogen (secondary N) is 3. The number of carbonyl (C=O) groups excluding carboxylic acids is 2. The second-order valence-electron chi connectivity index (χ2n) is 9.37. The van der Waals surface area contributed by atoms with Crippen LogP contribution < -0.4 is 16.4 Å². The number of H-pyrrole nitrogens is 1. The van der Waals surface area contributed by atoms with E-state index in [9.17, 15) is 29.7 Å². The van der Waals surface area contributed by atoms with Crippen LogP contribution in [-0.2, 0) is 33.6 Å². The van der Waals surface area contributed by atoms with Crippen LogP contribution in [0.2, 0.25) is 0 Å². The number of nitrogens with two attached hydrogens (primary N) is 1. The molecule has 4 aromatic rings. The minimum atomic E-state index is -1.28. The van der Waals surface area contributed by atoms with Gasteiger partial charge in [0, 0.05) is 29.9 Å². The predicted octanol–water partition coefficient (Wildman–Crippen LogP) is 1.99. The number of carboxylic acids is 1. The molecule has 0 aliphatic carbocycles. The van der Waals surface area contributed by atoms with Gasteiger partial charge >= 0.3 is 5.97 Å². The molecular weight excluding hydrogens is 500 g/mol. The fourth-order valence-electron chi connectivity index (χ4n) is 4.33. The van der Waals surface area contributed by atoms with Gasteiger partial charge in [-0.15, -0.1) is 0 Å². The molecule has 8 N–H and O–H groups in total. The summed E-state index contributed by atoms with van der Waals surface area (Å²) >= 11 is 0. The van der Waals surface area contributed by atoms with E-state index in [0.29, 0.717) is 11.1 Å². The average molecular weight is 531 g/mol. The highest BCUT2D eigenvalue weighted by molar-refractivity contribution is 5.92. The van der Waals surface area contributed by atoms with E-state index < -0.39 is 35.9 Å². The van der Waals surface area contributed by atoms with Crippen molar-refractivity contribution in [3.63, 3.8) is 0 Å². The minimum Gasteiger partial charge on any atom is -0.508 e. The van der Waals surface area contributed by atoms with Crippen molar-refractivity contribution >= 4 is 28.7 Å². The summed E-state index contributed by atoms with van der Waals surface area (Å²) in [6, 6.07) is 16.4. The van der Waals surface area contributed by atoms with Gasteiger partial charge in [-0.1, -0.05) is 42.5 Å². The molecule has 0 fully saturated rings. The van der Waals surface area contributed by atoms with Gasteiger partial charge in [0.2, 0.25) is 11.8 Å². The van der Waals surface area contributed by atoms with E-state index in [1.165, 1.54) is 24.3 Å². The largest absolute Gasteiger partial charge is 0.508 e. The number of carbonyl (C=O) groups is 3. The lowest BCUT2D eigenvalue weighted by Crippen LogP contribution is -2.55. The van der Waals surface area contributed by atoms with Crippen LogP contribution in [0, 0.1) is 0 Å². The number of phenolic OH excluding ortho intramolecular Hbond substituents is 2. The molecule has 0 aliphatic heterocycles. The van der Waals surface area contributed by atoms with Gasteiger partial charge < -0.3 is 36.7 Å². The third-order valence-electron chi connectivity index (χ3n) is 6.45. The molecule has 0 aliphatic rings. The van der Waals surface area contributed by atoms with Gasteiger partial charge in [0.15, 0.2) is 0 Å². The molecule has 0 bridgehead atoms. The standard InChI is InChI=1S/C29H30N4O6/c30-23(15-19-16-31-24-4-2-1-3-22(19)24)27(36)32-25(13-17-5-9-20(34)10-6-17)28(37)33-26(29(38)39)14-18-7-11-21(35)12-8-18/h1-12,16,23,25-26,31,34-35H,13-15,30H2,(H,32,36)(H,33,37)(H,38,39). The summed E-state index contributed by atoms with van der Waals surface area (Å²) in [6.45, 7) is 0. The lowest BCUT2D eigenvalue weighted by molar-refractivity contribution is -0.142. The number of hydrogen-bond acceptors (Lipinski definition) is 6. The Morgan fingerprint density at radius 2 is 1.28 bits per heavy atom. The van der Waals surface area contributed by atoms with E-state index >= 15 is 0 Å². The molecule has 202 valence electrons. The minimum absolute atomic E-state index is 0.0265. The first kappa shape index (κ1) is 27.2. The molecule has 0 spiro atoms. The van der Waals surface area contributed by atoms with Gasteiger partial charge in [-0.05, 0) is 53.4 Å². The predicted molar refractivity (Wildman–Crippen MR) is 145 cm³/mol. The van der Waals surface area contributed by atoms with Gasteiger partial charge in [0.1, 0.15) is 23.6 Å². The van der Waals surface area contributed by atoms with Crippen molar-refractivity contribution in [3.05, 3.63) is 95.7 Å². The Balaban J connectivity index is 1.49. The molecule has 3 aromatic carbocycles. The van der Waals surface area contributed by atoms with Crippen LogP contribution in [0.15, 0.2) is 79.0 Å². The Hall–Kier alpha value is -4.83. The van der Waals surface area contributed by atoms with Crippen LogP contribution in [0.3, 0.4) is 0 Å². The molecule has 3 atom stereocenters. The zero-order valence-corrected chi connectivity index (χ0v) is 21.0. The molecule has 4 rings (SSSR count). The summed E-state index contributed by atoms with van der Waals surface area (Å²) in [5, 5.41) is 35.0. The Labute approximate surface area is 224 Å². The maximum Gasteiger partial charge on any atom is 0.326 e. The van der Waals surface area contributed by atoms with Gasteiger partial charge in [-0.25, -0.2) is 4.79 Å². The van der Waals surface area contributed by atoms with E-state index in [1.54, 1.807) is 30.5 Å². The fraction of sp³-hybridized carbons (Fsp3) is 0.207. The summed E-state index contributed by atoms with van der Waals surface area (Å²) in [4.78, 5) is 41.5. The maximum atomic E-state index is 13.3. The molecule has 0 saturated heterocycles. The SMILES string of the molecule is NC(Cc1c[nH]c2ccccc12)C(=O)NC(Cc1ccc(O)cc1)C(=O)NC(Cc1ccc(O)cc1)C(=O)O. The van der Waals surface area contributed by atoms with Crippen molar-refractivity contribution in [1.29, 1.82) is 0 Å². The van der Waals surface area contributed by atoms with Crippen LogP contribution >= 0.6 is 0 Å². The third-order valence-corrected chi connectivity index (χ3v) is 6.45. The number of aliphatic carboxylic acids is 1. The Morgan fingerprint density at radius 1 is 0.744 bits per heavy atom. The molecule has 2 amide bonds. The number of aromatic amines is 1. The fourth-order valence-corrected chi connectivity index (χ4v) is 4.33. The second kappa shape index (κ2) is 12.1. The summed E-state index contributed by atoms with van der Waals surface area (Å²) in [5.74, 6) is -2.42. The number of carboxylic acid groups (broad SMARTS) is 1. The van der Waals surface area contributed by atoms with Crippen LogP contribution in [0.25, 0.3) is 10.9 Å². The van der Waals surface area contributed by atoms with Gasteiger partial charge in [-0.2, -0.15) is 0 Å². The summed E-state index contributed by atoms with van der Waals surface area (Å²) in [7, 11) is 0. The van der Waals surface area contributed by atoms with Crippen molar-refractivity contribution < 1.29 is 29.7 Å². The molecule has 10 heteroatoms. The number of hydrogen-bond donors (Lipinski definition) is 7. The van der Waals surface area contributed by atoms with Crippen LogP contribution in [0.1, 0.15) is 16.7 Å². The smallest absolute Gasteiger partial charge is 0.326 e. The van der Waals surface area contributed by atoms with E-state index in [0.717, 1.165) is 16.5 Å². The quantitative estimate of drug-likeness (QED) is 0.155. The van der Waals surface area contributed by atoms with E-state index in [2.05, 4.69) is 15.6 Å². The summed E-state index contributed by atoms with van der Waals surface area (Å²) in [5.41, 5.74) is 9.23. The number of aromatic nitrogens is 1. The average Bonchev–Trinajstić information content (AvgIpc) is 3.32. The third kappa shape index (κ3) is 7.14. The highest BCUT2D eigenvalue weighted by Gasteiger charge is 2.29. The maximum absolute atomic E-state index is 13.3. The van der Waals surface area contributed by atoms with E-state index in [-0.39, 0.29) is 30.8 Å². The molecule has 1 aromatic heterocycles. The molecule has 3 unspecified atom stereocenters. The number of benzene rings is 3. The zero-order chi connectivity index (χ0) is 27.9. The second-order valence-corrected chi connectivity index (χ2v) is 9.37. The number of amides is 2. The van der Waals surface area contributed by atoms with E-state index in [4.69, 9.17) is 5.73 Å². The van der Waals surface area contributed by atoms with Crippen molar-refractivity contribution in [3.8, 4) is 11.5 Å². The van der Waals surface area contributed by atoms with Gasteiger partial charge in [-0.3, -0.25) is 9.59 Å². The molecule has 0 saturated carbocycles. The molecule has 10 nitrogen and oxygen atoms in total. The number of rotatable bonds is 11. The lowest BCUT2D eigenvalue weighted by Gasteiger charge is -2.23. The Morgan fingerprint density at radius 3 is 1.87 bits per heavy atom. The topological polar surface area (TPSA) is 178 Å². The number of aromatic hydroxyl groups is 2. The number of para-hydroxylation sites is 1. The molecular formula is C29H30N4O6. The lowest BCUT2D eigenvalue weighted by atomic mass is 10.0. The number of fused-ring (bicyclic) bond motifs is 1. The molecule has 0 radical (unpaired) electrons.